The minimum Gasteiger partial charge on any atom is -0.340 e. The van der Waals surface area contributed by atoms with Crippen molar-refractivity contribution in [2.75, 3.05) is 38.1 Å². The lowest BCUT2D eigenvalue weighted by Gasteiger charge is -2.40. The van der Waals surface area contributed by atoms with E-state index in [-0.39, 0.29) is 5.41 Å². The van der Waals surface area contributed by atoms with E-state index in [1.165, 1.54) is 12.8 Å². The Balaban J connectivity index is 1.95. The number of piperazine rings is 1. The Labute approximate surface area is 132 Å². The highest BCUT2D eigenvalue weighted by molar-refractivity contribution is 9.09. The highest BCUT2D eigenvalue weighted by Gasteiger charge is 2.43. The van der Waals surface area contributed by atoms with Gasteiger partial charge in [0, 0.05) is 43.5 Å². The molecule has 0 spiro atoms. The first-order valence-corrected chi connectivity index (χ1v) is 9.27. The van der Waals surface area contributed by atoms with E-state index in [1.54, 1.807) is 0 Å². The van der Waals surface area contributed by atoms with Crippen LogP contribution in [0.2, 0.25) is 0 Å². The molecule has 0 atom stereocenters. The zero-order valence-corrected chi connectivity index (χ0v) is 14.6. The summed E-state index contributed by atoms with van der Waals surface area (Å²) in [5.41, 5.74) is -0.0221. The van der Waals surface area contributed by atoms with E-state index in [4.69, 9.17) is 0 Å². The van der Waals surface area contributed by atoms with Crippen LogP contribution >= 0.6 is 15.9 Å². The molecule has 0 aromatic carbocycles. The normalized spacial score (nSPS) is 23.5. The third-order valence-electron chi connectivity index (χ3n) is 4.87. The summed E-state index contributed by atoms with van der Waals surface area (Å²) in [4.78, 5) is 17.6. The van der Waals surface area contributed by atoms with Crippen molar-refractivity contribution >= 4 is 21.8 Å². The van der Waals surface area contributed by atoms with E-state index in [0.717, 1.165) is 57.3 Å². The molecule has 2 aliphatic rings. The Hall–Kier alpha value is -0.0900. The van der Waals surface area contributed by atoms with Gasteiger partial charge >= 0.3 is 0 Å². The fourth-order valence-corrected chi connectivity index (χ4v) is 4.47. The molecule has 0 aromatic rings. The summed E-state index contributed by atoms with van der Waals surface area (Å²) < 4.78 is 0. The van der Waals surface area contributed by atoms with Crippen molar-refractivity contribution in [2.24, 2.45) is 11.3 Å². The first kappa shape index (κ1) is 16.3. The topological polar surface area (TPSA) is 23.6 Å². The van der Waals surface area contributed by atoms with Crippen LogP contribution in [0.15, 0.2) is 0 Å². The minimum atomic E-state index is -0.0221. The molecule has 0 N–H and O–H groups in total. The molecule has 4 heteroatoms. The van der Waals surface area contributed by atoms with Gasteiger partial charge in [0.05, 0.1) is 0 Å². The average molecular weight is 345 g/mol. The van der Waals surface area contributed by atoms with Crippen molar-refractivity contribution in [3.05, 3.63) is 0 Å². The van der Waals surface area contributed by atoms with Gasteiger partial charge < -0.3 is 4.90 Å². The Kier molecular flexibility index (Phi) is 5.91. The fraction of sp³-hybridized carbons (Fsp3) is 0.938. The highest BCUT2D eigenvalue weighted by atomic mass is 79.9. The molecule has 1 heterocycles. The third-order valence-corrected chi connectivity index (χ3v) is 5.23. The summed E-state index contributed by atoms with van der Waals surface area (Å²) >= 11 is 3.50. The van der Waals surface area contributed by atoms with Gasteiger partial charge in [-0.2, -0.15) is 0 Å². The fourth-order valence-electron chi connectivity index (χ4n) is 3.97. The maximum absolute atomic E-state index is 13.0. The van der Waals surface area contributed by atoms with Crippen LogP contribution in [0.25, 0.3) is 0 Å². The zero-order valence-electron chi connectivity index (χ0n) is 13.0. The number of rotatable bonds is 5. The van der Waals surface area contributed by atoms with Gasteiger partial charge in [0.2, 0.25) is 5.91 Å². The average Bonchev–Trinajstić information content (AvgIpc) is 2.88. The van der Waals surface area contributed by atoms with Crippen LogP contribution in [0.1, 0.15) is 46.0 Å². The van der Waals surface area contributed by atoms with Gasteiger partial charge in [-0.05, 0) is 25.2 Å². The molecule has 116 valence electrons. The predicted octanol–water partition coefficient (Wildman–Crippen LogP) is 3.13. The number of carbonyl (C=O) groups is 1. The van der Waals surface area contributed by atoms with Crippen LogP contribution in [0.5, 0.6) is 0 Å². The minimum absolute atomic E-state index is 0.0221. The van der Waals surface area contributed by atoms with Crippen molar-refractivity contribution in [1.29, 1.82) is 0 Å². The van der Waals surface area contributed by atoms with E-state index in [9.17, 15) is 4.79 Å². The van der Waals surface area contributed by atoms with E-state index < -0.39 is 0 Å². The van der Waals surface area contributed by atoms with Crippen LogP contribution in [0.3, 0.4) is 0 Å². The Morgan fingerprint density at radius 1 is 1.15 bits per heavy atom. The Morgan fingerprint density at radius 3 is 2.25 bits per heavy atom. The first-order valence-electron chi connectivity index (χ1n) is 8.15. The molecule has 1 saturated heterocycles. The van der Waals surface area contributed by atoms with Gasteiger partial charge in [-0.3, -0.25) is 9.69 Å². The van der Waals surface area contributed by atoms with E-state index in [2.05, 4.69) is 39.6 Å². The molecule has 2 fully saturated rings. The van der Waals surface area contributed by atoms with E-state index in [1.807, 2.05) is 0 Å². The molecule has 3 nitrogen and oxygen atoms in total. The molecule has 0 aromatic heterocycles. The van der Waals surface area contributed by atoms with Gasteiger partial charge in [-0.15, -0.1) is 0 Å². The molecular formula is C16H29BrN2O. The highest BCUT2D eigenvalue weighted by Crippen LogP contribution is 2.44. The molecule has 2 rings (SSSR count). The molecule has 0 bridgehead atoms. The second-order valence-electron chi connectivity index (χ2n) is 6.91. The molecule has 20 heavy (non-hydrogen) atoms. The van der Waals surface area contributed by atoms with E-state index in [0.29, 0.717) is 11.8 Å². The van der Waals surface area contributed by atoms with Crippen molar-refractivity contribution in [2.45, 2.75) is 46.0 Å². The monoisotopic (exact) mass is 344 g/mol. The van der Waals surface area contributed by atoms with Gasteiger partial charge in [0.15, 0.2) is 0 Å². The maximum Gasteiger partial charge on any atom is 0.228 e. The SMILES string of the molecule is CC(C)CC1(C(=O)N2CCN(CCBr)CC2)CCCC1. The van der Waals surface area contributed by atoms with Crippen LogP contribution in [0.4, 0.5) is 0 Å². The van der Waals surface area contributed by atoms with Gasteiger partial charge in [-0.1, -0.05) is 42.6 Å². The summed E-state index contributed by atoms with van der Waals surface area (Å²) in [5.74, 6) is 1.08. The van der Waals surface area contributed by atoms with Crippen molar-refractivity contribution < 1.29 is 4.79 Å². The number of amides is 1. The predicted molar refractivity (Wildman–Crippen MR) is 87.2 cm³/mol. The molecule has 1 amide bonds. The molecule has 0 unspecified atom stereocenters. The molecule has 1 aliphatic heterocycles. The van der Waals surface area contributed by atoms with Crippen LogP contribution in [0, 0.1) is 11.3 Å². The number of halogens is 1. The van der Waals surface area contributed by atoms with E-state index >= 15 is 0 Å². The Morgan fingerprint density at radius 2 is 1.75 bits per heavy atom. The van der Waals surface area contributed by atoms with Crippen LogP contribution in [-0.4, -0.2) is 53.8 Å². The zero-order chi connectivity index (χ0) is 14.6. The molecular weight excluding hydrogens is 316 g/mol. The third kappa shape index (κ3) is 3.76. The molecule has 0 radical (unpaired) electrons. The van der Waals surface area contributed by atoms with Crippen molar-refractivity contribution in [3.63, 3.8) is 0 Å². The number of nitrogens with zero attached hydrogens (tertiary/aromatic N) is 2. The number of hydrogen-bond acceptors (Lipinski definition) is 2. The maximum atomic E-state index is 13.0. The number of carbonyl (C=O) groups excluding carboxylic acids is 1. The lowest BCUT2D eigenvalue weighted by Crippen LogP contribution is -2.53. The van der Waals surface area contributed by atoms with Gasteiger partial charge in [0.1, 0.15) is 0 Å². The number of hydrogen-bond donors (Lipinski definition) is 0. The quantitative estimate of drug-likeness (QED) is 0.715. The standard InChI is InChI=1S/C16H29BrN2O/c1-14(2)13-16(5-3-4-6-16)15(20)19-11-9-18(8-7-17)10-12-19/h14H,3-13H2,1-2H3. The smallest absolute Gasteiger partial charge is 0.228 e. The summed E-state index contributed by atoms with van der Waals surface area (Å²) in [5, 5.41) is 1.03. The van der Waals surface area contributed by atoms with Gasteiger partial charge in [0.25, 0.3) is 0 Å². The molecule has 1 aliphatic carbocycles. The lowest BCUT2D eigenvalue weighted by molar-refractivity contribution is -0.144. The van der Waals surface area contributed by atoms with Gasteiger partial charge in [-0.25, -0.2) is 0 Å². The Bertz CT molecular complexity index is 318. The summed E-state index contributed by atoms with van der Waals surface area (Å²) in [6, 6.07) is 0. The second kappa shape index (κ2) is 7.26. The summed E-state index contributed by atoms with van der Waals surface area (Å²) in [6.45, 7) is 9.52. The van der Waals surface area contributed by atoms with Crippen LogP contribution in [-0.2, 0) is 4.79 Å². The van der Waals surface area contributed by atoms with Crippen LogP contribution < -0.4 is 0 Å². The summed E-state index contributed by atoms with van der Waals surface area (Å²) in [6.07, 6.45) is 5.79. The summed E-state index contributed by atoms with van der Waals surface area (Å²) in [7, 11) is 0. The lowest BCUT2D eigenvalue weighted by atomic mass is 9.77. The molecule has 1 saturated carbocycles. The van der Waals surface area contributed by atoms with Crippen molar-refractivity contribution in [1.82, 2.24) is 9.80 Å². The second-order valence-corrected chi connectivity index (χ2v) is 7.70. The van der Waals surface area contributed by atoms with Crippen molar-refractivity contribution in [3.8, 4) is 0 Å². The number of alkyl halides is 1. The first-order chi connectivity index (χ1) is 9.57. The largest absolute Gasteiger partial charge is 0.340 e.